The highest BCUT2D eigenvalue weighted by molar-refractivity contribution is 5.79. The van der Waals surface area contributed by atoms with E-state index in [0.717, 1.165) is 17.1 Å². The number of guanidine groups is 1. The SMILES string of the molecule is CN=C(NC)NCc1cn(-c2ccc(OC)cc2)nn1. The van der Waals surface area contributed by atoms with Crippen LogP contribution in [0.3, 0.4) is 0 Å². The molecular formula is C13H18N6O. The second kappa shape index (κ2) is 6.55. The van der Waals surface area contributed by atoms with E-state index in [-0.39, 0.29) is 0 Å². The number of methoxy groups -OCH3 is 1. The van der Waals surface area contributed by atoms with E-state index in [1.807, 2.05) is 37.5 Å². The lowest BCUT2D eigenvalue weighted by Gasteiger charge is -2.05. The zero-order chi connectivity index (χ0) is 14.4. The maximum atomic E-state index is 5.12. The van der Waals surface area contributed by atoms with Crippen LogP contribution in [0.25, 0.3) is 5.69 Å². The van der Waals surface area contributed by atoms with Crippen molar-refractivity contribution in [1.29, 1.82) is 0 Å². The topological polar surface area (TPSA) is 76.4 Å². The normalized spacial score (nSPS) is 11.2. The molecular weight excluding hydrogens is 256 g/mol. The molecule has 0 fully saturated rings. The zero-order valence-electron chi connectivity index (χ0n) is 11.8. The number of hydrogen-bond acceptors (Lipinski definition) is 4. The molecule has 0 radical (unpaired) electrons. The van der Waals surface area contributed by atoms with Gasteiger partial charge >= 0.3 is 0 Å². The summed E-state index contributed by atoms with van der Waals surface area (Å²) < 4.78 is 6.85. The van der Waals surface area contributed by atoms with Crippen LogP contribution in [-0.4, -0.2) is 42.2 Å². The maximum absolute atomic E-state index is 5.12. The minimum Gasteiger partial charge on any atom is -0.497 e. The molecule has 20 heavy (non-hydrogen) atoms. The molecule has 0 amide bonds. The Labute approximate surface area is 117 Å². The maximum Gasteiger partial charge on any atom is 0.191 e. The van der Waals surface area contributed by atoms with Crippen molar-refractivity contribution < 1.29 is 4.74 Å². The highest BCUT2D eigenvalue weighted by Gasteiger charge is 2.04. The molecule has 1 aromatic carbocycles. The quantitative estimate of drug-likeness (QED) is 0.629. The number of nitrogens with zero attached hydrogens (tertiary/aromatic N) is 4. The molecule has 2 aromatic rings. The molecule has 0 aliphatic rings. The third kappa shape index (κ3) is 3.25. The summed E-state index contributed by atoms with van der Waals surface area (Å²) in [6.45, 7) is 0.559. The van der Waals surface area contributed by atoms with E-state index in [9.17, 15) is 0 Å². The molecule has 2 rings (SSSR count). The summed E-state index contributed by atoms with van der Waals surface area (Å²) in [5.41, 5.74) is 1.76. The molecule has 0 unspecified atom stereocenters. The van der Waals surface area contributed by atoms with E-state index in [2.05, 4.69) is 25.9 Å². The van der Waals surface area contributed by atoms with Gasteiger partial charge in [0.1, 0.15) is 11.4 Å². The Morgan fingerprint density at radius 1 is 1.35 bits per heavy atom. The lowest BCUT2D eigenvalue weighted by molar-refractivity contribution is 0.414. The van der Waals surface area contributed by atoms with Crippen LogP contribution < -0.4 is 15.4 Å². The van der Waals surface area contributed by atoms with E-state index in [1.165, 1.54) is 0 Å². The largest absolute Gasteiger partial charge is 0.497 e. The summed E-state index contributed by atoms with van der Waals surface area (Å²) in [7, 11) is 5.17. The predicted molar refractivity (Wildman–Crippen MR) is 77.2 cm³/mol. The van der Waals surface area contributed by atoms with Gasteiger partial charge in [0.2, 0.25) is 0 Å². The molecule has 2 N–H and O–H groups in total. The third-order valence-corrected chi connectivity index (χ3v) is 2.78. The molecule has 0 aliphatic heterocycles. The molecule has 0 saturated carbocycles. The minimum atomic E-state index is 0.559. The van der Waals surface area contributed by atoms with Gasteiger partial charge in [0.15, 0.2) is 5.96 Å². The number of aliphatic imine (C=N–C) groups is 1. The fraction of sp³-hybridized carbons (Fsp3) is 0.308. The Morgan fingerprint density at radius 3 is 2.70 bits per heavy atom. The van der Waals surface area contributed by atoms with Crippen molar-refractivity contribution in [2.75, 3.05) is 21.2 Å². The van der Waals surface area contributed by atoms with E-state index < -0.39 is 0 Å². The average molecular weight is 274 g/mol. The van der Waals surface area contributed by atoms with Gasteiger partial charge in [-0.1, -0.05) is 5.21 Å². The number of ether oxygens (including phenoxy) is 1. The molecule has 0 atom stereocenters. The second-order valence-electron chi connectivity index (χ2n) is 4.03. The molecule has 0 aliphatic carbocycles. The first kappa shape index (κ1) is 13.9. The van der Waals surface area contributed by atoms with Crippen LogP contribution in [0.15, 0.2) is 35.5 Å². The number of rotatable bonds is 4. The number of benzene rings is 1. The van der Waals surface area contributed by atoms with Crippen LogP contribution in [0.4, 0.5) is 0 Å². The highest BCUT2D eigenvalue weighted by Crippen LogP contribution is 2.14. The summed E-state index contributed by atoms with van der Waals surface area (Å²) in [6.07, 6.45) is 1.87. The standard InChI is InChI=1S/C13H18N6O/c1-14-13(15-2)16-8-10-9-19(18-17-10)11-4-6-12(20-3)7-5-11/h4-7,9H,8H2,1-3H3,(H2,14,15,16). The average Bonchev–Trinajstić information content (AvgIpc) is 2.97. The lowest BCUT2D eigenvalue weighted by Crippen LogP contribution is -2.34. The summed E-state index contributed by atoms with van der Waals surface area (Å²) in [6, 6.07) is 7.63. The van der Waals surface area contributed by atoms with Crippen molar-refractivity contribution in [2.45, 2.75) is 6.54 Å². The Morgan fingerprint density at radius 2 is 2.10 bits per heavy atom. The van der Waals surface area contributed by atoms with Crippen LogP contribution >= 0.6 is 0 Å². The van der Waals surface area contributed by atoms with Gasteiger partial charge in [-0.25, -0.2) is 4.68 Å². The molecule has 0 saturated heterocycles. The third-order valence-electron chi connectivity index (χ3n) is 2.78. The molecule has 0 bridgehead atoms. The Kier molecular flexibility index (Phi) is 4.54. The van der Waals surface area contributed by atoms with Crippen LogP contribution in [0.2, 0.25) is 0 Å². The first-order chi connectivity index (χ1) is 9.76. The van der Waals surface area contributed by atoms with Gasteiger partial charge in [-0.2, -0.15) is 0 Å². The lowest BCUT2D eigenvalue weighted by atomic mass is 10.3. The Balaban J connectivity index is 2.04. The summed E-state index contributed by atoms with van der Waals surface area (Å²) in [5.74, 6) is 1.53. The molecule has 1 aromatic heterocycles. The molecule has 0 spiro atoms. The number of aromatic nitrogens is 3. The van der Waals surface area contributed by atoms with E-state index in [1.54, 1.807) is 18.8 Å². The first-order valence-electron chi connectivity index (χ1n) is 6.21. The smallest absolute Gasteiger partial charge is 0.191 e. The van der Waals surface area contributed by atoms with E-state index in [0.29, 0.717) is 12.5 Å². The molecule has 7 nitrogen and oxygen atoms in total. The molecule has 1 heterocycles. The van der Waals surface area contributed by atoms with Gasteiger partial charge in [0.25, 0.3) is 0 Å². The van der Waals surface area contributed by atoms with Crippen molar-refractivity contribution in [3.8, 4) is 11.4 Å². The highest BCUT2D eigenvalue weighted by atomic mass is 16.5. The Bertz CT molecular complexity index is 575. The van der Waals surface area contributed by atoms with Crippen LogP contribution in [0, 0.1) is 0 Å². The summed E-state index contributed by atoms with van der Waals surface area (Å²) in [5, 5.41) is 14.3. The van der Waals surface area contributed by atoms with Crippen molar-refractivity contribution in [3.05, 3.63) is 36.2 Å². The predicted octanol–water partition coefficient (Wildman–Crippen LogP) is 0.571. The van der Waals surface area contributed by atoms with Gasteiger partial charge in [-0.15, -0.1) is 5.10 Å². The van der Waals surface area contributed by atoms with E-state index in [4.69, 9.17) is 4.74 Å². The van der Waals surface area contributed by atoms with Crippen LogP contribution in [0.1, 0.15) is 5.69 Å². The van der Waals surface area contributed by atoms with Crippen LogP contribution in [0.5, 0.6) is 5.75 Å². The van der Waals surface area contributed by atoms with Crippen LogP contribution in [-0.2, 0) is 6.54 Å². The monoisotopic (exact) mass is 274 g/mol. The van der Waals surface area contributed by atoms with Gasteiger partial charge < -0.3 is 15.4 Å². The van der Waals surface area contributed by atoms with Gasteiger partial charge in [0.05, 0.1) is 25.5 Å². The molecule has 106 valence electrons. The van der Waals surface area contributed by atoms with E-state index >= 15 is 0 Å². The van der Waals surface area contributed by atoms with Gasteiger partial charge in [-0.05, 0) is 24.3 Å². The summed E-state index contributed by atoms with van der Waals surface area (Å²) in [4.78, 5) is 4.03. The van der Waals surface area contributed by atoms with Crippen molar-refractivity contribution in [3.63, 3.8) is 0 Å². The fourth-order valence-electron chi connectivity index (χ4n) is 1.69. The number of nitrogens with one attached hydrogen (secondary N) is 2. The van der Waals surface area contributed by atoms with Gasteiger partial charge in [-0.3, -0.25) is 4.99 Å². The van der Waals surface area contributed by atoms with Crippen molar-refractivity contribution in [2.24, 2.45) is 4.99 Å². The number of hydrogen-bond donors (Lipinski definition) is 2. The zero-order valence-corrected chi connectivity index (χ0v) is 11.8. The first-order valence-corrected chi connectivity index (χ1v) is 6.21. The fourth-order valence-corrected chi connectivity index (χ4v) is 1.69. The Hall–Kier alpha value is -2.57. The minimum absolute atomic E-state index is 0.559. The van der Waals surface area contributed by atoms with Crippen molar-refractivity contribution >= 4 is 5.96 Å². The van der Waals surface area contributed by atoms with Gasteiger partial charge in [0, 0.05) is 14.1 Å². The van der Waals surface area contributed by atoms with Crippen molar-refractivity contribution in [1.82, 2.24) is 25.6 Å². The summed E-state index contributed by atoms with van der Waals surface area (Å²) >= 11 is 0. The molecule has 7 heteroatoms. The second-order valence-corrected chi connectivity index (χ2v) is 4.03.